The second-order valence-electron chi connectivity index (χ2n) is 6.92. The van der Waals surface area contributed by atoms with Gasteiger partial charge in [-0.1, -0.05) is 6.92 Å². The third-order valence-corrected chi connectivity index (χ3v) is 6.24. The average Bonchev–Trinajstić information content (AvgIpc) is 2.68. The highest BCUT2D eigenvalue weighted by molar-refractivity contribution is 9.10. The summed E-state index contributed by atoms with van der Waals surface area (Å²) in [6, 6.07) is 3.91. The predicted molar refractivity (Wildman–Crippen MR) is 106 cm³/mol. The summed E-state index contributed by atoms with van der Waals surface area (Å²) in [4.78, 5) is 18.4. The van der Waals surface area contributed by atoms with Crippen molar-refractivity contribution in [1.29, 1.82) is 0 Å². The Morgan fingerprint density at radius 2 is 1.85 bits per heavy atom. The quantitative estimate of drug-likeness (QED) is 0.532. The number of anilines is 1. The first-order valence-corrected chi connectivity index (χ1v) is 10.1. The van der Waals surface area contributed by atoms with Gasteiger partial charge in [-0.25, -0.2) is 0 Å². The Morgan fingerprint density at radius 3 is 2.38 bits per heavy atom. The van der Waals surface area contributed by atoms with Crippen LogP contribution in [0.3, 0.4) is 0 Å². The van der Waals surface area contributed by atoms with Crippen LogP contribution in [0.25, 0.3) is 0 Å². The Kier molecular flexibility index (Phi) is 6.37. The minimum absolute atomic E-state index is 0.132. The van der Waals surface area contributed by atoms with Crippen LogP contribution in [-0.4, -0.2) is 73.7 Å². The number of nitro groups is 1. The molecule has 0 radical (unpaired) electrons. The molecule has 2 saturated heterocycles. The first-order chi connectivity index (χ1) is 12.5. The van der Waals surface area contributed by atoms with Crippen molar-refractivity contribution < 1.29 is 9.66 Å². The summed E-state index contributed by atoms with van der Waals surface area (Å²) in [6.07, 6.45) is 2.09. The van der Waals surface area contributed by atoms with Crippen molar-refractivity contribution >= 4 is 27.3 Å². The van der Waals surface area contributed by atoms with Gasteiger partial charge in [-0.2, -0.15) is 0 Å². The maximum Gasteiger partial charge on any atom is 0.293 e. The van der Waals surface area contributed by atoms with Crippen LogP contribution in [0.5, 0.6) is 5.75 Å². The van der Waals surface area contributed by atoms with Crippen molar-refractivity contribution in [2.45, 2.75) is 25.8 Å². The van der Waals surface area contributed by atoms with Gasteiger partial charge in [0.05, 0.1) is 16.5 Å². The van der Waals surface area contributed by atoms with E-state index >= 15 is 0 Å². The number of ether oxygens (including phenoxy) is 1. The fourth-order valence-corrected chi connectivity index (χ4v) is 4.50. The molecule has 0 N–H and O–H groups in total. The molecule has 0 saturated carbocycles. The molecule has 3 rings (SSSR count). The molecule has 0 aromatic heterocycles. The van der Waals surface area contributed by atoms with Crippen LogP contribution < -0.4 is 9.64 Å². The molecule has 2 aliphatic rings. The van der Waals surface area contributed by atoms with Gasteiger partial charge in [0.1, 0.15) is 11.4 Å². The SMILES string of the molecule is CCN1CCN(C2CCN(c3cc(OC)c(Br)cc3[N+](=O)[O-])CC2)CC1. The zero-order chi connectivity index (χ0) is 18.7. The molecule has 0 atom stereocenters. The summed E-state index contributed by atoms with van der Waals surface area (Å²) in [5.74, 6) is 0.628. The molecule has 2 fully saturated rings. The number of nitro benzene ring substituents is 1. The molecule has 26 heavy (non-hydrogen) atoms. The van der Waals surface area contributed by atoms with Crippen molar-refractivity contribution in [2.24, 2.45) is 0 Å². The van der Waals surface area contributed by atoms with Crippen LogP contribution in [-0.2, 0) is 0 Å². The van der Waals surface area contributed by atoms with Crippen LogP contribution in [0.4, 0.5) is 11.4 Å². The number of likely N-dealkylation sites (N-methyl/N-ethyl adjacent to an activating group) is 1. The number of hydrogen-bond acceptors (Lipinski definition) is 6. The van der Waals surface area contributed by atoms with Gasteiger partial charge in [0, 0.05) is 57.4 Å². The van der Waals surface area contributed by atoms with E-state index in [0.29, 0.717) is 22.0 Å². The third-order valence-electron chi connectivity index (χ3n) is 5.62. The standard InChI is InChI=1S/C18H27BrN4O3/c1-3-20-8-10-21(11-9-20)14-4-6-22(7-5-14)16-13-18(26-2)15(19)12-17(16)23(24)25/h12-14H,3-11H2,1-2H3. The number of piperazine rings is 1. The highest BCUT2D eigenvalue weighted by Gasteiger charge is 2.30. The number of nitrogens with zero attached hydrogens (tertiary/aromatic N) is 4. The number of piperidine rings is 1. The molecule has 0 amide bonds. The van der Waals surface area contributed by atoms with Gasteiger partial charge in [-0.05, 0) is 35.3 Å². The molecular weight excluding hydrogens is 400 g/mol. The molecule has 0 unspecified atom stereocenters. The zero-order valence-electron chi connectivity index (χ0n) is 15.5. The van der Waals surface area contributed by atoms with E-state index in [1.165, 1.54) is 0 Å². The van der Waals surface area contributed by atoms with Gasteiger partial charge < -0.3 is 14.5 Å². The molecule has 1 aromatic rings. The highest BCUT2D eigenvalue weighted by atomic mass is 79.9. The molecule has 8 heteroatoms. The van der Waals surface area contributed by atoms with Crippen molar-refractivity contribution in [2.75, 3.05) is 57.8 Å². The second kappa shape index (κ2) is 8.54. The lowest BCUT2D eigenvalue weighted by atomic mass is 10.0. The summed E-state index contributed by atoms with van der Waals surface area (Å²) >= 11 is 3.35. The molecule has 7 nitrogen and oxygen atoms in total. The van der Waals surface area contributed by atoms with E-state index in [2.05, 4.69) is 37.6 Å². The van der Waals surface area contributed by atoms with E-state index < -0.39 is 0 Å². The van der Waals surface area contributed by atoms with Crippen molar-refractivity contribution in [3.63, 3.8) is 0 Å². The lowest BCUT2D eigenvalue weighted by molar-refractivity contribution is -0.384. The monoisotopic (exact) mass is 426 g/mol. The number of benzene rings is 1. The number of hydrogen-bond donors (Lipinski definition) is 0. The third kappa shape index (κ3) is 4.13. The largest absolute Gasteiger partial charge is 0.495 e. The smallest absolute Gasteiger partial charge is 0.293 e. The van der Waals surface area contributed by atoms with Crippen molar-refractivity contribution in [3.05, 3.63) is 26.7 Å². The van der Waals surface area contributed by atoms with Crippen molar-refractivity contribution in [1.82, 2.24) is 9.80 Å². The Morgan fingerprint density at radius 1 is 1.19 bits per heavy atom. The second-order valence-corrected chi connectivity index (χ2v) is 7.78. The molecule has 0 bridgehead atoms. The predicted octanol–water partition coefficient (Wildman–Crippen LogP) is 2.97. The maximum atomic E-state index is 11.5. The average molecular weight is 427 g/mol. The van der Waals surface area contributed by atoms with E-state index in [1.807, 2.05) is 0 Å². The lowest BCUT2D eigenvalue weighted by Crippen LogP contribution is -2.53. The van der Waals surface area contributed by atoms with Gasteiger partial charge in [0.2, 0.25) is 0 Å². The van der Waals surface area contributed by atoms with E-state index in [1.54, 1.807) is 19.2 Å². The van der Waals surface area contributed by atoms with Crippen LogP contribution in [0.15, 0.2) is 16.6 Å². The summed E-state index contributed by atoms with van der Waals surface area (Å²) in [6.45, 7) is 9.57. The summed E-state index contributed by atoms with van der Waals surface area (Å²) in [5, 5.41) is 11.5. The van der Waals surface area contributed by atoms with E-state index in [4.69, 9.17) is 4.74 Å². The van der Waals surface area contributed by atoms with Gasteiger partial charge in [0.15, 0.2) is 0 Å². The molecule has 1 aromatic carbocycles. The summed E-state index contributed by atoms with van der Waals surface area (Å²) in [7, 11) is 1.58. The van der Waals surface area contributed by atoms with E-state index in [0.717, 1.165) is 58.7 Å². The molecular formula is C18H27BrN4O3. The Labute approximate surface area is 163 Å². The molecule has 0 aliphatic carbocycles. The fraction of sp³-hybridized carbons (Fsp3) is 0.667. The van der Waals surface area contributed by atoms with E-state index in [9.17, 15) is 10.1 Å². The normalized spacial score (nSPS) is 20.3. The van der Waals surface area contributed by atoms with Crippen LogP contribution >= 0.6 is 15.9 Å². The Bertz CT molecular complexity index is 642. The van der Waals surface area contributed by atoms with Gasteiger partial charge >= 0.3 is 0 Å². The Hall–Kier alpha value is -1.38. The fourth-order valence-electron chi connectivity index (χ4n) is 4.00. The molecule has 0 spiro atoms. The first kappa shape index (κ1) is 19.4. The molecule has 2 aliphatic heterocycles. The minimum atomic E-state index is -0.310. The van der Waals surface area contributed by atoms with Gasteiger partial charge in [0.25, 0.3) is 5.69 Å². The number of halogens is 1. The number of methoxy groups -OCH3 is 1. The van der Waals surface area contributed by atoms with Gasteiger partial charge in [-0.3, -0.25) is 15.0 Å². The van der Waals surface area contributed by atoms with E-state index in [-0.39, 0.29) is 10.6 Å². The van der Waals surface area contributed by atoms with Crippen molar-refractivity contribution in [3.8, 4) is 5.75 Å². The maximum absolute atomic E-state index is 11.5. The number of rotatable bonds is 5. The highest BCUT2D eigenvalue weighted by Crippen LogP contribution is 2.39. The topological polar surface area (TPSA) is 62.1 Å². The first-order valence-electron chi connectivity index (χ1n) is 9.26. The van der Waals surface area contributed by atoms with Crippen LogP contribution in [0.2, 0.25) is 0 Å². The minimum Gasteiger partial charge on any atom is -0.495 e. The molecule has 2 heterocycles. The molecule has 144 valence electrons. The van der Waals surface area contributed by atoms with Crippen LogP contribution in [0.1, 0.15) is 19.8 Å². The Balaban J connectivity index is 1.67. The summed E-state index contributed by atoms with van der Waals surface area (Å²) in [5.41, 5.74) is 0.789. The van der Waals surface area contributed by atoms with Gasteiger partial charge in [-0.15, -0.1) is 0 Å². The van der Waals surface area contributed by atoms with Crippen LogP contribution in [0, 0.1) is 10.1 Å². The lowest BCUT2D eigenvalue weighted by Gasteiger charge is -2.43. The summed E-state index contributed by atoms with van der Waals surface area (Å²) < 4.78 is 5.95. The zero-order valence-corrected chi connectivity index (χ0v) is 17.1.